The van der Waals surface area contributed by atoms with Gasteiger partial charge in [0.15, 0.2) is 0 Å². The number of imidazole rings is 1. The Morgan fingerprint density at radius 3 is 1.74 bits per heavy atom. The van der Waals surface area contributed by atoms with E-state index in [1.165, 1.54) is 65.3 Å². The number of fused-ring (bicyclic) bond motifs is 14. The largest absolute Gasteiger partial charge is 0.309 e. The molecule has 0 atom stereocenters. The number of aromatic nitrogens is 4. The average Bonchev–Trinajstić information content (AvgIpc) is 3.78. The van der Waals surface area contributed by atoms with E-state index >= 15 is 0 Å². The second-order valence-corrected chi connectivity index (χ2v) is 11.2. The summed E-state index contributed by atoms with van der Waals surface area (Å²) in [6.45, 7) is 0. The van der Waals surface area contributed by atoms with E-state index in [1.54, 1.807) is 0 Å². The Bertz CT molecular complexity index is 2710. The van der Waals surface area contributed by atoms with E-state index in [1.807, 2.05) is 6.20 Å². The number of hydrogen-bond acceptors (Lipinski definition) is 1. The zero-order valence-corrected chi connectivity index (χ0v) is 23.1. The van der Waals surface area contributed by atoms with Crippen LogP contribution in [0, 0.1) is 0 Å². The van der Waals surface area contributed by atoms with Crippen molar-refractivity contribution in [2.24, 2.45) is 0 Å². The number of pyridine rings is 1. The van der Waals surface area contributed by atoms with Crippen LogP contribution in [0.4, 0.5) is 0 Å². The Hall–Kier alpha value is -5.87. The highest BCUT2D eigenvalue weighted by molar-refractivity contribution is 6.30. The van der Waals surface area contributed by atoms with Crippen LogP contribution in [0.5, 0.6) is 0 Å². The van der Waals surface area contributed by atoms with Gasteiger partial charge < -0.3 is 9.13 Å². The van der Waals surface area contributed by atoms with Crippen molar-refractivity contribution in [2.45, 2.75) is 0 Å². The highest BCUT2D eigenvalue weighted by atomic mass is 15.0. The van der Waals surface area contributed by atoms with E-state index in [9.17, 15) is 0 Å². The predicted molar refractivity (Wildman–Crippen MR) is 179 cm³/mol. The number of hydrogen-bond donors (Lipinski definition) is 0. The van der Waals surface area contributed by atoms with Crippen molar-refractivity contribution in [3.8, 4) is 11.4 Å². The normalized spacial score (nSPS) is 12.2. The van der Waals surface area contributed by atoms with Gasteiger partial charge in [-0.3, -0.25) is 4.40 Å². The van der Waals surface area contributed by atoms with E-state index in [0.717, 1.165) is 17.0 Å². The van der Waals surface area contributed by atoms with Gasteiger partial charge in [0, 0.05) is 50.7 Å². The summed E-state index contributed by atoms with van der Waals surface area (Å²) in [4.78, 5) is 5.05. The lowest BCUT2D eigenvalue weighted by atomic mass is 10.00. The fourth-order valence-corrected chi connectivity index (χ4v) is 7.39. The van der Waals surface area contributed by atoms with Crippen LogP contribution in [0.3, 0.4) is 0 Å². The topological polar surface area (TPSA) is 27.2 Å². The number of nitrogens with zero attached hydrogens (tertiary/aromatic N) is 4. The molecule has 0 bridgehead atoms. The molecule has 0 amide bonds. The quantitative estimate of drug-likeness (QED) is 0.198. The number of para-hydroxylation sites is 4. The molecule has 0 spiro atoms. The molecule has 4 nitrogen and oxygen atoms in total. The molecule has 0 aliphatic rings. The standard InChI is InChI=1S/C39H24N4/c1-3-11-25(12-4-1)42-33-18-10-8-16-31(33)35-34(42)22-21-30-28-19-20-29-27-15-7-9-17-32(27)43(26-13-5-2-6-14-26)38(29)36(28)39-40-23-24-41(39)37(30)35/h1-24H. The van der Waals surface area contributed by atoms with Crippen molar-refractivity contribution in [1.82, 2.24) is 18.5 Å². The molecule has 4 heterocycles. The molecule has 0 N–H and O–H groups in total. The van der Waals surface area contributed by atoms with Crippen LogP contribution in [-0.4, -0.2) is 18.5 Å². The Morgan fingerprint density at radius 2 is 0.977 bits per heavy atom. The van der Waals surface area contributed by atoms with Crippen molar-refractivity contribution < 1.29 is 0 Å². The van der Waals surface area contributed by atoms with Gasteiger partial charge in [-0.2, -0.15) is 0 Å². The summed E-state index contributed by atoms with van der Waals surface area (Å²) >= 11 is 0. The van der Waals surface area contributed by atoms with Gasteiger partial charge in [0.1, 0.15) is 5.65 Å². The fourth-order valence-electron chi connectivity index (χ4n) is 7.39. The van der Waals surface area contributed by atoms with E-state index in [-0.39, 0.29) is 0 Å². The molecule has 0 unspecified atom stereocenters. The van der Waals surface area contributed by atoms with E-state index in [4.69, 9.17) is 4.98 Å². The van der Waals surface area contributed by atoms with Gasteiger partial charge in [-0.25, -0.2) is 4.98 Å². The monoisotopic (exact) mass is 548 g/mol. The van der Waals surface area contributed by atoms with Gasteiger partial charge in [0.2, 0.25) is 0 Å². The lowest BCUT2D eigenvalue weighted by molar-refractivity contribution is 1.18. The molecule has 0 fully saturated rings. The van der Waals surface area contributed by atoms with Gasteiger partial charge in [-0.1, -0.05) is 91.0 Å². The predicted octanol–water partition coefficient (Wildman–Crippen LogP) is 9.83. The summed E-state index contributed by atoms with van der Waals surface area (Å²) in [6.07, 6.45) is 4.07. The third kappa shape index (κ3) is 2.92. The maximum Gasteiger partial charge on any atom is 0.147 e. The Morgan fingerprint density at radius 1 is 0.395 bits per heavy atom. The lowest BCUT2D eigenvalue weighted by Gasteiger charge is -2.14. The molecule has 0 aliphatic heterocycles. The zero-order valence-electron chi connectivity index (χ0n) is 23.1. The first kappa shape index (κ1) is 22.8. The van der Waals surface area contributed by atoms with Crippen LogP contribution in [0.15, 0.2) is 146 Å². The minimum absolute atomic E-state index is 0.970. The third-order valence-electron chi connectivity index (χ3n) is 9.07. The average molecular weight is 549 g/mol. The lowest BCUT2D eigenvalue weighted by Crippen LogP contribution is -1.97. The van der Waals surface area contributed by atoms with Crippen molar-refractivity contribution in [3.05, 3.63) is 146 Å². The van der Waals surface area contributed by atoms with Crippen molar-refractivity contribution >= 4 is 70.9 Å². The van der Waals surface area contributed by atoms with Gasteiger partial charge in [0.05, 0.1) is 33.0 Å². The van der Waals surface area contributed by atoms with Crippen LogP contribution < -0.4 is 0 Å². The van der Waals surface area contributed by atoms with E-state index < -0.39 is 0 Å². The van der Waals surface area contributed by atoms with Crippen LogP contribution >= 0.6 is 0 Å². The Kier molecular flexibility index (Phi) is 4.42. The number of benzene rings is 6. The summed E-state index contributed by atoms with van der Waals surface area (Å²) in [5, 5.41) is 8.55. The van der Waals surface area contributed by atoms with Crippen LogP contribution in [0.2, 0.25) is 0 Å². The van der Waals surface area contributed by atoms with Gasteiger partial charge in [-0.05, 0) is 47.9 Å². The molecule has 0 aliphatic carbocycles. The third-order valence-corrected chi connectivity index (χ3v) is 9.07. The first-order valence-electron chi connectivity index (χ1n) is 14.7. The molecule has 0 saturated heterocycles. The molecule has 200 valence electrons. The second-order valence-electron chi connectivity index (χ2n) is 11.2. The second kappa shape index (κ2) is 8.34. The number of rotatable bonds is 2. The zero-order chi connectivity index (χ0) is 28.1. The first-order chi connectivity index (χ1) is 21.4. The van der Waals surface area contributed by atoms with E-state index in [2.05, 4.69) is 153 Å². The molecule has 0 saturated carbocycles. The van der Waals surface area contributed by atoms with Gasteiger partial charge >= 0.3 is 0 Å². The Balaban J connectivity index is 1.46. The summed E-state index contributed by atoms with van der Waals surface area (Å²) in [7, 11) is 0. The van der Waals surface area contributed by atoms with Crippen molar-refractivity contribution in [2.75, 3.05) is 0 Å². The molecular formula is C39H24N4. The Labute approximate surface area is 246 Å². The molecule has 0 radical (unpaired) electrons. The molecule has 4 heteroatoms. The van der Waals surface area contributed by atoms with Crippen LogP contribution in [0.25, 0.3) is 82.3 Å². The summed E-state index contributed by atoms with van der Waals surface area (Å²) in [5.41, 5.74) is 9.23. The summed E-state index contributed by atoms with van der Waals surface area (Å²) in [5.74, 6) is 0. The van der Waals surface area contributed by atoms with Crippen molar-refractivity contribution in [1.29, 1.82) is 0 Å². The summed E-state index contributed by atoms with van der Waals surface area (Å²) < 4.78 is 7.11. The molecule has 43 heavy (non-hydrogen) atoms. The first-order valence-corrected chi connectivity index (χ1v) is 14.7. The minimum atomic E-state index is 0.970. The maximum absolute atomic E-state index is 5.05. The molecule has 4 aromatic heterocycles. The van der Waals surface area contributed by atoms with Gasteiger partial charge in [0.25, 0.3) is 0 Å². The minimum Gasteiger partial charge on any atom is -0.309 e. The summed E-state index contributed by atoms with van der Waals surface area (Å²) in [6, 6.07) is 48.0. The molecular weight excluding hydrogens is 524 g/mol. The maximum atomic E-state index is 5.05. The highest BCUT2D eigenvalue weighted by Gasteiger charge is 2.22. The van der Waals surface area contributed by atoms with Crippen molar-refractivity contribution in [3.63, 3.8) is 0 Å². The fraction of sp³-hybridized carbons (Fsp3) is 0. The van der Waals surface area contributed by atoms with Gasteiger partial charge in [-0.15, -0.1) is 0 Å². The van der Waals surface area contributed by atoms with E-state index in [0.29, 0.717) is 0 Å². The van der Waals surface area contributed by atoms with Crippen LogP contribution in [0.1, 0.15) is 0 Å². The smallest absolute Gasteiger partial charge is 0.147 e. The van der Waals surface area contributed by atoms with Crippen LogP contribution in [-0.2, 0) is 0 Å². The highest BCUT2D eigenvalue weighted by Crippen LogP contribution is 2.43. The molecule has 10 aromatic rings. The molecule has 6 aromatic carbocycles. The molecule has 10 rings (SSSR count). The SMILES string of the molecule is c1ccc(-n2c3ccccc3c3c2ccc2c4ccc5c6ccccc6n(-c6ccccc6)c5c4c4nccn4c23)cc1.